The van der Waals surface area contributed by atoms with Gasteiger partial charge in [-0.2, -0.15) is 0 Å². The first-order chi connectivity index (χ1) is 10.4. The Morgan fingerprint density at radius 2 is 2.00 bits per heavy atom. The molecule has 0 fully saturated rings. The van der Waals surface area contributed by atoms with E-state index in [9.17, 15) is 9.59 Å². The van der Waals surface area contributed by atoms with E-state index in [0.717, 1.165) is 5.56 Å². The number of nitrogens with zero attached hydrogens (tertiary/aromatic N) is 2. The number of rotatable bonds is 4. The predicted molar refractivity (Wildman–Crippen MR) is 88.2 cm³/mol. The van der Waals surface area contributed by atoms with Gasteiger partial charge in [0, 0.05) is 19.7 Å². The summed E-state index contributed by atoms with van der Waals surface area (Å²) in [5.41, 5.74) is 0.783. The predicted octanol–water partition coefficient (Wildman–Crippen LogP) is 2.67. The van der Waals surface area contributed by atoms with Gasteiger partial charge in [0.15, 0.2) is 0 Å². The van der Waals surface area contributed by atoms with Crippen molar-refractivity contribution in [3.05, 3.63) is 40.4 Å². The van der Waals surface area contributed by atoms with Gasteiger partial charge in [-0.25, -0.2) is 4.98 Å². The number of amides is 2. The third kappa shape index (κ3) is 3.64. The van der Waals surface area contributed by atoms with E-state index < -0.39 is 6.04 Å². The van der Waals surface area contributed by atoms with Crippen LogP contribution in [0.25, 0.3) is 10.6 Å². The van der Waals surface area contributed by atoms with Gasteiger partial charge in [-0.3, -0.25) is 9.59 Å². The lowest BCUT2D eigenvalue weighted by molar-refractivity contribution is -0.130. The summed E-state index contributed by atoms with van der Waals surface area (Å²) >= 11 is 7.36. The number of hydrogen-bond acceptors (Lipinski definition) is 4. The zero-order chi connectivity index (χ0) is 16.3. The normalized spacial score (nSPS) is 11.8. The lowest BCUT2D eigenvalue weighted by Crippen LogP contribution is -2.44. The van der Waals surface area contributed by atoms with E-state index in [1.807, 2.05) is 18.2 Å². The van der Waals surface area contributed by atoms with E-state index >= 15 is 0 Å². The van der Waals surface area contributed by atoms with E-state index in [-0.39, 0.29) is 11.8 Å². The molecule has 5 nitrogen and oxygen atoms in total. The lowest BCUT2D eigenvalue weighted by atomic mass is 10.2. The van der Waals surface area contributed by atoms with Crippen molar-refractivity contribution in [2.45, 2.75) is 13.0 Å². The van der Waals surface area contributed by atoms with Crippen LogP contribution in [0.5, 0.6) is 0 Å². The largest absolute Gasteiger partial charge is 0.347 e. The van der Waals surface area contributed by atoms with Gasteiger partial charge >= 0.3 is 0 Å². The number of nitrogens with one attached hydrogen (secondary N) is 1. The average Bonchev–Trinajstić information content (AvgIpc) is 2.96. The third-order valence-corrected chi connectivity index (χ3v) is 4.35. The average molecular weight is 338 g/mol. The summed E-state index contributed by atoms with van der Waals surface area (Å²) in [5.74, 6) is -0.484. The zero-order valence-electron chi connectivity index (χ0n) is 12.5. The second kappa shape index (κ2) is 6.89. The number of likely N-dealkylation sites (N-methyl/N-ethyl adjacent to an activating group) is 1. The van der Waals surface area contributed by atoms with Gasteiger partial charge in [0.25, 0.3) is 5.91 Å². The highest BCUT2D eigenvalue weighted by Crippen LogP contribution is 2.30. The molecule has 0 aliphatic carbocycles. The molecule has 22 heavy (non-hydrogen) atoms. The maximum Gasteiger partial charge on any atom is 0.263 e. The van der Waals surface area contributed by atoms with Crippen molar-refractivity contribution in [2.75, 3.05) is 14.1 Å². The van der Waals surface area contributed by atoms with Gasteiger partial charge in [0.05, 0.1) is 11.2 Å². The van der Waals surface area contributed by atoms with Gasteiger partial charge < -0.3 is 10.2 Å². The van der Waals surface area contributed by atoms with Crippen LogP contribution in [0.4, 0.5) is 0 Å². The molecule has 2 aromatic rings. The Balaban J connectivity index is 2.13. The van der Waals surface area contributed by atoms with E-state index in [4.69, 9.17) is 11.6 Å². The molecule has 2 amide bonds. The fourth-order valence-corrected chi connectivity index (χ4v) is 3.00. The molecule has 1 N–H and O–H groups in total. The monoisotopic (exact) mass is 337 g/mol. The molecule has 0 bridgehead atoms. The van der Waals surface area contributed by atoms with Crippen LogP contribution >= 0.6 is 22.9 Å². The molecule has 0 radical (unpaired) electrons. The Kier molecular flexibility index (Phi) is 5.15. The van der Waals surface area contributed by atoms with Crippen LogP contribution in [-0.2, 0) is 4.79 Å². The van der Waals surface area contributed by atoms with Crippen LogP contribution in [0.15, 0.2) is 30.5 Å². The quantitative estimate of drug-likeness (QED) is 0.933. The fourth-order valence-electron chi connectivity index (χ4n) is 1.86. The SMILES string of the molecule is CC(NC(=O)c1cnc(-c2ccccc2Cl)s1)C(=O)N(C)C. The van der Waals surface area contributed by atoms with Crippen molar-refractivity contribution in [2.24, 2.45) is 0 Å². The summed E-state index contributed by atoms with van der Waals surface area (Å²) in [4.78, 5) is 30.0. The van der Waals surface area contributed by atoms with E-state index in [1.165, 1.54) is 22.4 Å². The number of hydrogen-bond donors (Lipinski definition) is 1. The second-order valence-corrected chi connectivity index (χ2v) is 6.38. The molecule has 116 valence electrons. The molecule has 1 unspecified atom stereocenters. The number of halogens is 1. The first kappa shape index (κ1) is 16.5. The summed E-state index contributed by atoms with van der Waals surface area (Å²) < 4.78 is 0. The van der Waals surface area contributed by atoms with Gasteiger partial charge in [-0.05, 0) is 13.0 Å². The lowest BCUT2D eigenvalue weighted by Gasteiger charge is -2.17. The standard InChI is InChI=1S/C15H16ClN3O2S/c1-9(15(21)19(2)3)18-13(20)12-8-17-14(22-12)10-6-4-5-7-11(10)16/h4-9H,1-3H3,(H,18,20). The summed E-state index contributed by atoms with van der Waals surface area (Å²) in [6.45, 7) is 1.65. The number of carbonyl (C=O) groups is 2. The minimum absolute atomic E-state index is 0.163. The van der Waals surface area contributed by atoms with Crippen molar-refractivity contribution in [1.82, 2.24) is 15.2 Å². The molecule has 1 aromatic carbocycles. The van der Waals surface area contributed by atoms with E-state index in [2.05, 4.69) is 10.3 Å². The minimum Gasteiger partial charge on any atom is -0.347 e. The molecule has 1 heterocycles. The van der Waals surface area contributed by atoms with Gasteiger partial charge in [0.2, 0.25) is 5.91 Å². The number of carbonyl (C=O) groups excluding carboxylic acids is 2. The third-order valence-electron chi connectivity index (χ3n) is 2.99. The van der Waals surface area contributed by atoms with E-state index in [0.29, 0.717) is 14.9 Å². The highest BCUT2D eigenvalue weighted by molar-refractivity contribution is 7.17. The highest BCUT2D eigenvalue weighted by atomic mass is 35.5. The molecule has 2 rings (SSSR count). The molecular formula is C15H16ClN3O2S. The maximum absolute atomic E-state index is 12.2. The second-order valence-electron chi connectivity index (χ2n) is 4.94. The summed E-state index contributed by atoms with van der Waals surface area (Å²) in [5, 5.41) is 3.92. The van der Waals surface area contributed by atoms with Crippen molar-refractivity contribution in [3.8, 4) is 10.6 Å². The topological polar surface area (TPSA) is 62.3 Å². The van der Waals surface area contributed by atoms with Crippen LogP contribution in [-0.4, -0.2) is 41.8 Å². The Morgan fingerprint density at radius 3 is 2.64 bits per heavy atom. The molecular weight excluding hydrogens is 322 g/mol. The minimum atomic E-state index is -0.589. The molecule has 1 atom stereocenters. The molecule has 1 aromatic heterocycles. The smallest absolute Gasteiger partial charge is 0.263 e. The van der Waals surface area contributed by atoms with Crippen molar-refractivity contribution >= 4 is 34.8 Å². The Hall–Kier alpha value is -1.92. The van der Waals surface area contributed by atoms with E-state index in [1.54, 1.807) is 27.1 Å². The molecule has 0 aliphatic heterocycles. The van der Waals surface area contributed by atoms with Crippen molar-refractivity contribution in [1.29, 1.82) is 0 Å². The summed E-state index contributed by atoms with van der Waals surface area (Å²) in [7, 11) is 3.29. The van der Waals surface area contributed by atoms with Crippen molar-refractivity contribution < 1.29 is 9.59 Å². The Labute approximate surface area is 137 Å². The molecule has 0 aliphatic rings. The van der Waals surface area contributed by atoms with Gasteiger partial charge in [-0.1, -0.05) is 29.8 Å². The molecule has 7 heteroatoms. The van der Waals surface area contributed by atoms with Crippen LogP contribution in [0.3, 0.4) is 0 Å². The first-order valence-corrected chi connectivity index (χ1v) is 7.82. The van der Waals surface area contributed by atoms with Crippen molar-refractivity contribution in [3.63, 3.8) is 0 Å². The van der Waals surface area contributed by atoms with Crippen LogP contribution in [0.1, 0.15) is 16.6 Å². The van der Waals surface area contributed by atoms with Crippen LogP contribution in [0.2, 0.25) is 5.02 Å². The maximum atomic E-state index is 12.2. The summed E-state index contributed by atoms with van der Waals surface area (Å²) in [6, 6.07) is 6.73. The van der Waals surface area contributed by atoms with Crippen LogP contribution in [0, 0.1) is 0 Å². The van der Waals surface area contributed by atoms with Crippen LogP contribution < -0.4 is 5.32 Å². The molecule has 0 saturated carbocycles. The van der Waals surface area contributed by atoms with Gasteiger partial charge in [0.1, 0.15) is 15.9 Å². The molecule has 0 saturated heterocycles. The number of aromatic nitrogens is 1. The van der Waals surface area contributed by atoms with Gasteiger partial charge in [-0.15, -0.1) is 11.3 Å². The summed E-state index contributed by atoms with van der Waals surface area (Å²) in [6.07, 6.45) is 1.49. The highest BCUT2D eigenvalue weighted by Gasteiger charge is 2.20. The zero-order valence-corrected chi connectivity index (χ0v) is 14.0. The number of benzene rings is 1. The Morgan fingerprint density at radius 1 is 1.32 bits per heavy atom. The first-order valence-electron chi connectivity index (χ1n) is 6.63. The fraction of sp³-hybridized carbons (Fsp3) is 0.267. The Bertz CT molecular complexity index is 700. The number of thiazole rings is 1. The molecule has 0 spiro atoms.